The molecular weight excluding hydrogens is 714 g/mol. The lowest BCUT2D eigenvalue weighted by Gasteiger charge is -2.36. The summed E-state index contributed by atoms with van der Waals surface area (Å²) in [4.78, 5) is 70.5. The summed E-state index contributed by atoms with van der Waals surface area (Å²) in [5, 5.41) is 35.2. The number of phenols is 2. The molecule has 3 rings (SSSR count). The first-order chi connectivity index (χ1) is 25.7. The SMILES string of the molecule is CC[C@@H](C)[C@H](NC(=O)[C@H](Cc1ccc(O)cc1)NC(=O)C[C@H](N)CCCCCCCCl)C(=O)N(C)[C@@H](Cc1ccc(O)cc1)C(=O)N1CCC[C@H]1C(=O)O. The van der Waals surface area contributed by atoms with Gasteiger partial charge in [0.05, 0.1) is 0 Å². The lowest BCUT2D eigenvalue weighted by molar-refractivity contribution is -0.153. The van der Waals surface area contributed by atoms with Gasteiger partial charge in [0.25, 0.3) is 0 Å². The molecule has 1 fully saturated rings. The Kier molecular flexibility index (Phi) is 18.0. The van der Waals surface area contributed by atoms with Crippen molar-refractivity contribution in [3.05, 3.63) is 59.7 Å². The summed E-state index contributed by atoms with van der Waals surface area (Å²) >= 11 is 5.75. The van der Waals surface area contributed by atoms with E-state index < -0.39 is 65.7 Å². The smallest absolute Gasteiger partial charge is 0.326 e. The number of hydrogen-bond donors (Lipinski definition) is 6. The standard InChI is InChI=1S/C40H58ClN5O8/c1-4-26(2)36(39(52)45(3)34(24-28-15-19-31(48)20-16-28)38(51)46-22-10-12-33(46)40(53)54)44-37(50)32(23-27-13-17-30(47)18-14-27)43-35(49)25-29(42)11-8-6-5-7-9-21-41/h13-20,26,29,32-34,36,47-48H,4-12,21-25,42H2,1-3H3,(H,43,49)(H,44,50)(H,53,54)/t26-,29-,32+,33+,34+,36+/m1/s1. The maximum atomic E-state index is 14.4. The molecule has 0 aliphatic carbocycles. The van der Waals surface area contributed by atoms with Crippen molar-refractivity contribution in [1.29, 1.82) is 0 Å². The fourth-order valence-corrected chi connectivity index (χ4v) is 6.92. The molecule has 2 aromatic carbocycles. The van der Waals surface area contributed by atoms with E-state index in [0.717, 1.165) is 32.1 Å². The molecule has 0 saturated carbocycles. The molecule has 14 heteroatoms. The van der Waals surface area contributed by atoms with E-state index in [1.807, 2.05) is 6.92 Å². The lowest BCUT2D eigenvalue weighted by Crippen LogP contribution is -2.60. The fraction of sp³-hybridized carbons (Fsp3) is 0.575. The number of aliphatic carboxylic acids is 1. The number of phenolic OH excluding ortho intramolecular Hbond substituents is 2. The number of hydrogen-bond acceptors (Lipinski definition) is 8. The number of carboxylic acids is 1. The molecule has 4 amide bonds. The number of unbranched alkanes of at least 4 members (excludes halogenated alkanes) is 4. The molecule has 13 nitrogen and oxygen atoms in total. The van der Waals surface area contributed by atoms with E-state index in [-0.39, 0.29) is 37.3 Å². The van der Waals surface area contributed by atoms with Gasteiger partial charge in [-0.2, -0.15) is 0 Å². The molecule has 2 aromatic rings. The Morgan fingerprint density at radius 1 is 0.907 bits per heavy atom. The second-order valence-electron chi connectivity index (χ2n) is 14.4. The Morgan fingerprint density at radius 3 is 2.06 bits per heavy atom. The number of aromatic hydroxyl groups is 2. The van der Waals surface area contributed by atoms with Crippen LogP contribution < -0.4 is 16.4 Å². The number of likely N-dealkylation sites (tertiary alicyclic amines) is 1. The first-order valence-corrected chi connectivity index (χ1v) is 19.6. The Morgan fingerprint density at radius 2 is 1.48 bits per heavy atom. The number of alkyl halides is 1. The monoisotopic (exact) mass is 771 g/mol. The Hall–Kier alpha value is -4.36. The van der Waals surface area contributed by atoms with Crippen LogP contribution in [-0.4, -0.2) is 104 Å². The summed E-state index contributed by atoms with van der Waals surface area (Å²) in [5.74, 6) is -2.90. The van der Waals surface area contributed by atoms with Crippen molar-refractivity contribution in [2.24, 2.45) is 11.7 Å². The van der Waals surface area contributed by atoms with Gasteiger partial charge in [0.2, 0.25) is 23.6 Å². The first-order valence-electron chi connectivity index (χ1n) is 19.0. The van der Waals surface area contributed by atoms with Crippen molar-refractivity contribution in [2.75, 3.05) is 19.5 Å². The summed E-state index contributed by atoms with van der Waals surface area (Å²) in [7, 11) is 1.47. The zero-order valence-electron chi connectivity index (χ0n) is 31.7. The van der Waals surface area contributed by atoms with Crippen molar-refractivity contribution in [2.45, 2.75) is 121 Å². The normalized spacial score (nSPS) is 16.8. The summed E-state index contributed by atoms with van der Waals surface area (Å²) in [5.41, 5.74) is 7.60. The molecule has 0 unspecified atom stereocenters. The van der Waals surface area contributed by atoms with Crippen LogP contribution in [0.3, 0.4) is 0 Å². The highest BCUT2D eigenvalue weighted by molar-refractivity contribution is 6.17. The Balaban J connectivity index is 1.84. The van der Waals surface area contributed by atoms with Crippen LogP contribution in [0.1, 0.15) is 89.2 Å². The number of carbonyl (C=O) groups is 5. The molecule has 0 aromatic heterocycles. The Bertz CT molecular complexity index is 1530. The molecule has 0 radical (unpaired) electrons. The molecule has 0 spiro atoms. The van der Waals surface area contributed by atoms with Crippen molar-refractivity contribution in [1.82, 2.24) is 20.4 Å². The quantitative estimate of drug-likeness (QED) is 0.0753. The van der Waals surface area contributed by atoms with E-state index in [1.54, 1.807) is 31.2 Å². The van der Waals surface area contributed by atoms with Crippen molar-refractivity contribution in [3.8, 4) is 11.5 Å². The lowest BCUT2D eigenvalue weighted by atomic mass is 9.95. The number of rotatable bonds is 22. The van der Waals surface area contributed by atoms with Crippen LogP contribution in [-0.2, 0) is 36.8 Å². The van der Waals surface area contributed by atoms with E-state index >= 15 is 0 Å². The van der Waals surface area contributed by atoms with Crippen LogP contribution >= 0.6 is 11.6 Å². The number of halogens is 1. The predicted molar refractivity (Wildman–Crippen MR) is 207 cm³/mol. The van der Waals surface area contributed by atoms with Gasteiger partial charge < -0.3 is 41.5 Å². The molecule has 54 heavy (non-hydrogen) atoms. The van der Waals surface area contributed by atoms with E-state index in [2.05, 4.69) is 10.6 Å². The van der Waals surface area contributed by atoms with E-state index in [0.29, 0.717) is 42.7 Å². The number of likely N-dealkylation sites (N-methyl/N-ethyl adjacent to an activating group) is 1. The average molecular weight is 772 g/mol. The number of carbonyl (C=O) groups excluding carboxylic acids is 4. The van der Waals surface area contributed by atoms with Crippen molar-refractivity contribution < 1.29 is 39.3 Å². The zero-order chi connectivity index (χ0) is 39.8. The minimum atomic E-state index is -1.12. The fourth-order valence-electron chi connectivity index (χ4n) is 6.74. The minimum absolute atomic E-state index is 0.00634. The third kappa shape index (κ3) is 13.5. The van der Waals surface area contributed by atoms with Gasteiger partial charge in [-0.25, -0.2) is 4.79 Å². The van der Waals surface area contributed by atoms with Gasteiger partial charge >= 0.3 is 5.97 Å². The highest BCUT2D eigenvalue weighted by atomic mass is 35.5. The molecule has 1 saturated heterocycles. The van der Waals surface area contributed by atoms with Gasteiger partial charge in [-0.3, -0.25) is 19.2 Å². The predicted octanol–water partition coefficient (Wildman–Crippen LogP) is 4.10. The van der Waals surface area contributed by atoms with Gasteiger partial charge in [0.1, 0.15) is 35.7 Å². The van der Waals surface area contributed by atoms with Crippen LogP contribution in [0.4, 0.5) is 0 Å². The molecule has 298 valence electrons. The molecule has 1 aliphatic rings. The second kappa shape index (κ2) is 22.1. The van der Waals surface area contributed by atoms with Crippen molar-refractivity contribution in [3.63, 3.8) is 0 Å². The average Bonchev–Trinajstić information content (AvgIpc) is 3.65. The van der Waals surface area contributed by atoms with E-state index in [1.165, 1.54) is 41.1 Å². The first kappa shape index (κ1) is 44.0. The largest absolute Gasteiger partial charge is 0.508 e. The van der Waals surface area contributed by atoms with Gasteiger partial charge in [0, 0.05) is 44.8 Å². The number of amides is 4. The van der Waals surface area contributed by atoms with Crippen molar-refractivity contribution >= 4 is 41.2 Å². The molecule has 1 aliphatic heterocycles. The minimum Gasteiger partial charge on any atom is -0.508 e. The number of carboxylic acid groups (broad SMARTS) is 1. The van der Waals surface area contributed by atoms with Crippen LogP contribution in [0, 0.1) is 5.92 Å². The van der Waals surface area contributed by atoms with Crippen LogP contribution in [0.15, 0.2) is 48.5 Å². The molecular formula is C40H58ClN5O8. The van der Waals surface area contributed by atoms with E-state index in [4.69, 9.17) is 17.3 Å². The van der Waals surface area contributed by atoms with Crippen LogP contribution in [0.25, 0.3) is 0 Å². The summed E-state index contributed by atoms with van der Waals surface area (Å²) in [6, 6.07) is 7.72. The summed E-state index contributed by atoms with van der Waals surface area (Å²) in [6.45, 7) is 3.90. The highest BCUT2D eigenvalue weighted by Gasteiger charge is 2.41. The Labute approximate surface area is 323 Å². The number of benzene rings is 2. The van der Waals surface area contributed by atoms with Gasteiger partial charge in [-0.15, -0.1) is 11.6 Å². The van der Waals surface area contributed by atoms with Gasteiger partial charge in [-0.05, 0) is 67.0 Å². The highest BCUT2D eigenvalue weighted by Crippen LogP contribution is 2.24. The second-order valence-corrected chi connectivity index (χ2v) is 14.8. The third-order valence-corrected chi connectivity index (χ3v) is 10.5. The summed E-state index contributed by atoms with van der Waals surface area (Å²) < 4.78 is 0. The van der Waals surface area contributed by atoms with Crippen LogP contribution in [0.5, 0.6) is 11.5 Å². The molecule has 6 atom stereocenters. The molecule has 0 bridgehead atoms. The number of nitrogens with two attached hydrogens (primary N) is 1. The summed E-state index contributed by atoms with van der Waals surface area (Å²) in [6.07, 6.45) is 6.95. The number of nitrogens with zero attached hydrogens (tertiary/aromatic N) is 2. The number of nitrogens with one attached hydrogen (secondary N) is 2. The molecule has 1 heterocycles. The molecule has 7 N–H and O–H groups in total. The van der Waals surface area contributed by atoms with E-state index in [9.17, 15) is 39.3 Å². The van der Waals surface area contributed by atoms with Gasteiger partial charge in [-0.1, -0.05) is 70.2 Å². The third-order valence-electron chi connectivity index (χ3n) is 10.2. The van der Waals surface area contributed by atoms with Gasteiger partial charge in [0.15, 0.2) is 0 Å². The maximum absolute atomic E-state index is 14.4. The topological polar surface area (TPSA) is 203 Å². The maximum Gasteiger partial charge on any atom is 0.326 e. The zero-order valence-corrected chi connectivity index (χ0v) is 32.5. The van der Waals surface area contributed by atoms with Crippen LogP contribution in [0.2, 0.25) is 0 Å².